The van der Waals surface area contributed by atoms with Gasteiger partial charge in [0.05, 0.1) is 0 Å². The zero-order valence-corrected chi connectivity index (χ0v) is 11.1. The molecule has 1 aliphatic heterocycles. The van der Waals surface area contributed by atoms with Crippen molar-refractivity contribution >= 4 is 23.2 Å². The highest BCUT2D eigenvalue weighted by atomic mass is 35.5. The molecule has 0 N–H and O–H groups in total. The molecule has 1 unspecified atom stereocenters. The highest BCUT2D eigenvalue weighted by molar-refractivity contribution is 6.32. The molecular weight excluding hydrogens is 250 g/mol. The van der Waals surface area contributed by atoms with Crippen LogP contribution in [0, 0.1) is 0 Å². The summed E-state index contributed by atoms with van der Waals surface area (Å²) >= 11 is 6.03. The first kappa shape index (κ1) is 11.7. The molecule has 0 saturated carbocycles. The van der Waals surface area contributed by atoms with E-state index in [1.807, 2.05) is 10.6 Å². The van der Waals surface area contributed by atoms with Crippen molar-refractivity contribution in [3.05, 3.63) is 17.5 Å². The van der Waals surface area contributed by atoms with Crippen LogP contribution >= 0.6 is 11.6 Å². The lowest BCUT2D eigenvalue weighted by atomic mass is 10.0. The maximum absolute atomic E-state index is 6.03. The summed E-state index contributed by atoms with van der Waals surface area (Å²) in [7, 11) is 0. The topological polar surface area (TPSA) is 46.3 Å². The number of fused-ring (bicyclic) bond motifs is 1. The lowest BCUT2D eigenvalue weighted by Gasteiger charge is -2.35. The predicted molar refractivity (Wildman–Crippen MR) is 71.1 cm³/mol. The van der Waals surface area contributed by atoms with Gasteiger partial charge in [-0.15, -0.1) is 10.2 Å². The fraction of sp³-hybridized carbons (Fsp3) is 0.583. The smallest absolute Gasteiger partial charge is 0.232 e. The van der Waals surface area contributed by atoms with E-state index < -0.39 is 0 Å². The zero-order chi connectivity index (χ0) is 12.5. The molecule has 1 aliphatic rings. The van der Waals surface area contributed by atoms with Crippen molar-refractivity contribution < 1.29 is 0 Å². The van der Waals surface area contributed by atoms with Crippen molar-refractivity contribution in [2.24, 2.45) is 0 Å². The third-order valence-electron chi connectivity index (χ3n) is 3.62. The molecule has 5 nitrogen and oxygen atoms in total. The van der Waals surface area contributed by atoms with Gasteiger partial charge in [-0.25, -0.2) is 4.98 Å². The SMILES string of the molecule is CCC1CCCCN1c1nnc2c(Cl)nccn12. The van der Waals surface area contributed by atoms with Gasteiger partial charge >= 0.3 is 0 Å². The number of piperidine rings is 1. The minimum absolute atomic E-state index is 0.404. The quantitative estimate of drug-likeness (QED) is 0.837. The Morgan fingerprint density at radius 2 is 2.28 bits per heavy atom. The number of hydrogen-bond donors (Lipinski definition) is 0. The fourth-order valence-electron chi connectivity index (χ4n) is 2.67. The summed E-state index contributed by atoms with van der Waals surface area (Å²) in [5, 5.41) is 8.84. The molecule has 0 aliphatic carbocycles. The second-order valence-corrected chi connectivity index (χ2v) is 5.02. The Bertz CT molecular complexity index is 552. The average molecular weight is 266 g/mol. The minimum atomic E-state index is 0.404. The molecule has 0 bridgehead atoms. The van der Waals surface area contributed by atoms with Crippen LogP contribution in [0.25, 0.3) is 5.65 Å². The average Bonchev–Trinajstić information content (AvgIpc) is 2.84. The molecule has 0 radical (unpaired) electrons. The summed E-state index contributed by atoms with van der Waals surface area (Å²) in [6.07, 6.45) is 8.43. The molecule has 0 spiro atoms. The van der Waals surface area contributed by atoms with E-state index in [9.17, 15) is 0 Å². The van der Waals surface area contributed by atoms with Crippen molar-refractivity contribution in [3.63, 3.8) is 0 Å². The third kappa shape index (κ3) is 1.82. The summed E-state index contributed by atoms with van der Waals surface area (Å²) in [6.45, 7) is 3.26. The number of nitrogens with zero attached hydrogens (tertiary/aromatic N) is 5. The highest BCUT2D eigenvalue weighted by Crippen LogP contribution is 2.26. The van der Waals surface area contributed by atoms with Gasteiger partial charge in [0.15, 0.2) is 10.8 Å². The molecule has 1 saturated heterocycles. The first-order valence-electron chi connectivity index (χ1n) is 6.43. The maximum Gasteiger partial charge on any atom is 0.232 e. The van der Waals surface area contributed by atoms with Gasteiger partial charge in [0.25, 0.3) is 0 Å². The molecule has 96 valence electrons. The van der Waals surface area contributed by atoms with Gasteiger partial charge in [0, 0.05) is 25.0 Å². The molecule has 18 heavy (non-hydrogen) atoms. The molecule has 3 heterocycles. The van der Waals surface area contributed by atoms with Crippen LogP contribution in [0.15, 0.2) is 12.4 Å². The first-order valence-corrected chi connectivity index (χ1v) is 6.81. The molecule has 0 aromatic carbocycles. The van der Waals surface area contributed by atoms with E-state index in [-0.39, 0.29) is 0 Å². The van der Waals surface area contributed by atoms with Crippen LogP contribution in [0.2, 0.25) is 5.15 Å². The van der Waals surface area contributed by atoms with E-state index in [0.29, 0.717) is 16.8 Å². The second-order valence-electron chi connectivity index (χ2n) is 4.66. The predicted octanol–water partition coefficient (Wildman–Crippen LogP) is 2.55. The van der Waals surface area contributed by atoms with Crippen LogP contribution in [0.3, 0.4) is 0 Å². The van der Waals surface area contributed by atoms with E-state index in [2.05, 4.69) is 27.0 Å². The van der Waals surface area contributed by atoms with E-state index >= 15 is 0 Å². The fourth-order valence-corrected chi connectivity index (χ4v) is 2.85. The lowest BCUT2D eigenvalue weighted by Crippen LogP contribution is -2.40. The molecule has 2 aromatic rings. The summed E-state index contributed by atoms with van der Waals surface area (Å²) in [6, 6.07) is 0.554. The molecule has 3 rings (SSSR count). The number of anilines is 1. The van der Waals surface area contributed by atoms with Gasteiger partial charge < -0.3 is 4.90 Å². The molecule has 1 atom stereocenters. The van der Waals surface area contributed by atoms with E-state index in [0.717, 1.165) is 18.9 Å². The van der Waals surface area contributed by atoms with E-state index in [1.54, 1.807) is 6.20 Å². The Hall–Kier alpha value is -1.36. The number of halogens is 1. The van der Waals surface area contributed by atoms with Crippen LogP contribution in [0.5, 0.6) is 0 Å². The van der Waals surface area contributed by atoms with E-state index in [1.165, 1.54) is 19.3 Å². The Kier molecular flexibility index (Phi) is 3.07. The standard InChI is InChI=1S/C12H16ClN5/c1-2-9-5-3-4-7-17(9)12-16-15-11-10(13)14-6-8-18(11)12/h6,8-9H,2-5,7H2,1H3. The van der Waals surface area contributed by atoms with Gasteiger partial charge in [-0.3, -0.25) is 4.40 Å². The normalized spacial score (nSPS) is 20.6. The van der Waals surface area contributed by atoms with Gasteiger partial charge in [0.1, 0.15) is 0 Å². The van der Waals surface area contributed by atoms with Crippen molar-refractivity contribution in [1.29, 1.82) is 0 Å². The summed E-state index contributed by atoms with van der Waals surface area (Å²) < 4.78 is 1.93. The van der Waals surface area contributed by atoms with E-state index in [4.69, 9.17) is 11.6 Å². The largest absolute Gasteiger partial charge is 0.338 e. The van der Waals surface area contributed by atoms with Gasteiger partial charge in [-0.1, -0.05) is 18.5 Å². The number of hydrogen-bond acceptors (Lipinski definition) is 4. The summed E-state index contributed by atoms with van der Waals surface area (Å²) in [5.74, 6) is 0.890. The number of rotatable bonds is 2. The van der Waals surface area contributed by atoms with Crippen LogP contribution in [0.1, 0.15) is 32.6 Å². The van der Waals surface area contributed by atoms with Crippen molar-refractivity contribution in [2.45, 2.75) is 38.6 Å². The number of aromatic nitrogens is 4. The van der Waals surface area contributed by atoms with Crippen molar-refractivity contribution in [3.8, 4) is 0 Å². The van der Waals surface area contributed by atoms with Crippen LogP contribution in [0.4, 0.5) is 5.95 Å². The van der Waals surface area contributed by atoms with Gasteiger partial charge in [-0.2, -0.15) is 0 Å². The third-order valence-corrected chi connectivity index (χ3v) is 3.89. The first-order chi connectivity index (χ1) is 8.81. The Morgan fingerprint density at radius 3 is 3.11 bits per heavy atom. The lowest BCUT2D eigenvalue weighted by molar-refractivity contribution is 0.442. The van der Waals surface area contributed by atoms with Gasteiger partial charge in [-0.05, 0) is 25.7 Å². The Morgan fingerprint density at radius 1 is 1.39 bits per heavy atom. The summed E-state index contributed by atoms with van der Waals surface area (Å²) in [4.78, 5) is 6.38. The van der Waals surface area contributed by atoms with Crippen molar-refractivity contribution in [1.82, 2.24) is 19.6 Å². The van der Waals surface area contributed by atoms with Crippen LogP contribution < -0.4 is 4.90 Å². The molecule has 1 fully saturated rings. The molecule has 2 aromatic heterocycles. The minimum Gasteiger partial charge on any atom is -0.338 e. The Labute approximate surface area is 111 Å². The highest BCUT2D eigenvalue weighted by Gasteiger charge is 2.25. The summed E-state index contributed by atoms with van der Waals surface area (Å²) in [5.41, 5.74) is 0.634. The molecule has 6 heteroatoms. The van der Waals surface area contributed by atoms with Gasteiger partial charge in [0.2, 0.25) is 5.95 Å². The zero-order valence-electron chi connectivity index (χ0n) is 10.4. The van der Waals surface area contributed by atoms with Crippen LogP contribution in [-0.4, -0.2) is 32.2 Å². The van der Waals surface area contributed by atoms with Crippen molar-refractivity contribution in [2.75, 3.05) is 11.4 Å². The molecule has 0 amide bonds. The molecular formula is C12H16ClN5. The maximum atomic E-state index is 6.03. The second kappa shape index (κ2) is 4.72. The van der Waals surface area contributed by atoms with Crippen LogP contribution in [-0.2, 0) is 0 Å². The Balaban J connectivity index is 2.05. The monoisotopic (exact) mass is 265 g/mol.